The molecule has 2 rings (SSSR count). The zero-order valence-electron chi connectivity index (χ0n) is 11.7. The van der Waals surface area contributed by atoms with Gasteiger partial charge in [-0.1, -0.05) is 11.6 Å². The maximum atomic E-state index is 14.3. The Hall–Kier alpha value is -0.775. The molecule has 0 spiro atoms. The summed E-state index contributed by atoms with van der Waals surface area (Å²) in [6.07, 6.45) is 0. The average Bonchev–Trinajstić information content (AvgIpc) is 2.48. The summed E-state index contributed by atoms with van der Waals surface area (Å²) in [4.78, 5) is 0. The quantitative estimate of drug-likeness (QED) is 0.783. The van der Waals surface area contributed by atoms with Crippen LogP contribution < -0.4 is 10.2 Å². The Bertz CT molecular complexity index is 489. The first-order valence-electron chi connectivity index (χ1n) is 6.07. The van der Waals surface area contributed by atoms with E-state index in [1.54, 1.807) is 6.07 Å². The van der Waals surface area contributed by atoms with Crippen molar-refractivity contribution in [2.75, 3.05) is 7.11 Å². The molecule has 0 amide bonds. The highest BCUT2D eigenvalue weighted by Crippen LogP contribution is 2.37. The Kier molecular flexibility index (Phi) is 3.58. The maximum absolute atomic E-state index is 14.3. The third-order valence-corrected chi connectivity index (χ3v) is 4.13. The van der Waals surface area contributed by atoms with Gasteiger partial charge in [-0.15, -0.1) is 0 Å². The van der Waals surface area contributed by atoms with Gasteiger partial charge in [-0.3, -0.25) is 0 Å². The van der Waals surface area contributed by atoms with E-state index in [4.69, 9.17) is 25.6 Å². The first-order valence-corrected chi connectivity index (χ1v) is 6.45. The van der Waals surface area contributed by atoms with Gasteiger partial charge < -0.3 is 14.0 Å². The minimum absolute atomic E-state index is 0.120. The van der Waals surface area contributed by atoms with E-state index in [1.165, 1.54) is 13.2 Å². The van der Waals surface area contributed by atoms with Crippen LogP contribution in [0.15, 0.2) is 12.1 Å². The van der Waals surface area contributed by atoms with Crippen molar-refractivity contribution < 1.29 is 18.4 Å². The van der Waals surface area contributed by atoms with Crippen LogP contribution >= 0.6 is 11.6 Å². The molecule has 0 N–H and O–H groups in total. The average molecular weight is 287 g/mol. The molecule has 1 aliphatic heterocycles. The highest BCUT2D eigenvalue weighted by molar-refractivity contribution is 6.65. The van der Waals surface area contributed by atoms with Crippen molar-refractivity contribution in [3.8, 4) is 5.75 Å². The van der Waals surface area contributed by atoms with Crippen LogP contribution in [0.2, 0.25) is 5.02 Å². The van der Waals surface area contributed by atoms with Gasteiger partial charge in [0.25, 0.3) is 0 Å². The van der Waals surface area contributed by atoms with Crippen molar-refractivity contribution in [3.05, 3.63) is 23.0 Å². The van der Waals surface area contributed by atoms with Crippen molar-refractivity contribution >= 4 is 24.2 Å². The number of hydrogen-bond acceptors (Lipinski definition) is 3. The molecule has 1 saturated heterocycles. The predicted molar refractivity (Wildman–Crippen MR) is 73.7 cm³/mol. The van der Waals surface area contributed by atoms with Gasteiger partial charge in [-0.25, -0.2) is 4.39 Å². The van der Waals surface area contributed by atoms with Crippen LogP contribution in [0, 0.1) is 5.82 Å². The van der Waals surface area contributed by atoms with Crippen molar-refractivity contribution in [1.29, 1.82) is 0 Å². The molecular formula is C13H17BClFO3. The topological polar surface area (TPSA) is 27.7 Å². The third-order valence-electron chi connectivity index (χ3n) is 3.80. The monoisotopic (exact) mass is 286 g/mol. The summed E-state index contributed by atoms with van der Waals surface area (Å²) in [5.41, 5.74) is -0.910. The van der Waals surface area contributed by atoms with Crippen LogP contribution in [-0.4, -0.2) is 25.4 Å². The van der Waals surface area contributed by atoms with Gasteiger partial charge in [-0.05, 0) is 39.8 Å². The summed E-state index contributed by atoms with van der Waals surface area (Å²) >= 11 is 6.07. The first kappa shape index (κ1) is 14.6. The van der Waals surface area contributed by atoms with E-state index in [2.05, 4.69) is 0 Å². The molecule has 1 aromatic rings. The van der Waals surface area contributed by atoms with E-state index in [1.807, 2.05) is 27.7 Å². The molecule has 0 atom stereocenters. The summed E-state index contributed by atoms with van der Waals surface area (Å²) in [5.74, 6) is -0.428. The second-order valence-corrected chi connectivity index (χ2v) is 5.97. The van der Waals surface area contributed by atoms with Gasteiger partial charge in [0.15, 0.2) is 11.6 Å². The summed E-state index contributed by atoms with van der Waals surface area (Å²) in [5, 5.41) is 0.261. The minimum atomic E-state index is -0.840. The zero-order chi connectivity index (χ0) is 14.4. The molecule has 3 nitrogen and oxygen atoms in total. The molecule has 0 saturated carbocycles. The highest BCUT2D eigenvalue weighted by atomic mass is 35.5. The summed E-state index contributed by atoms with van der Waals surface area (Å²) < 4.78 is 30.9. The van der Waals surface area contributed by atoms with Crippen LogP contribution in [-0.2, 0) is 9.31 Å². The van der Waals surface area contributed by atoms with Crippen molar-refractivity contribution in [1.82, 2.24) is 0 Å². The lowest BCUT2D eigenvalue weighted by Gasteiger charge is -2.32. The summed E-state index contributed by atoms with van der Waals surface area (Å²) in [6, 6.07) is 3.05. The van der Waals surface area contributed by atoms with E-state index in [0.29, 0.717) is 0 Å². The lowest BCUT2D eigenvalue weighted by Crippen LogP contribution is -2.41. The molecule has 0 aromatic heterocycles. The molecule has 1 aliphatic rings. The molecule has 19 heavy (non-hydrogen) atoms. The molecule has 1 aromatic carbocycles. The van der Waals surface area contributed by atoms with E-state index in [9.17, 15) is 4.39 Å². The van der Waals surface area contributed by atoms with E-state index >= 15 is 0 Å². The van der Waals surface area contributed by atoms with Crippen LogP contribution in [0.1, 0.15) is 27.7 Å². The molecular weight excluding hydrogens is 269 g/mol. The molecule has 0 radical (unpaired) electrons. The fourth-order valence-electron chi connectivity index (χ4n) is 1.88. The second-order valence-electron chi connectivity index (χ2n) is 5.57. The molecule has 104 valence electrons. The van der Waals surface area contributed by atoms with Crippen LogP contribution in [0.25, 0.3) is 0 Å². The minimum Gasteiger partial charge on any atom is -0.494 e. The molecule has 0 unspecified atom stereocenters. The number of halogens is 2. The Morgan fingerprint density at radius 2 is 1.68 bits per heavy atom. The number of methoxy groups -OCH3 is 1. The second kappa shape index (κ2) is 4.65. The number of benzene rings is 1. The van der Waals surface area contributed by atoms with Crippen LogP contribution in [0.4, 0.5) is 4.39 Å². The summed E-state index contributed by atoms with van der Waals surface area (Å²) in [7, 11) is 0.563. The zero-order valence-corrected chi connectivity index (χ0v) is 12.5. The molecule has 0 aliphatic carbocycles. The Morgan fingerprint density at radius 3 is 2.16 bits per heavy atom. The van der Waals surface area contributed by atoms with Crippen molar-refractivity contribution in [3.63, 3.8) is 0 Å². The van der Waals surface area contributed by atoms with Crippen molar-refractivity contribution in [2.24, 2.45) is 0 Å². The molecule has 1 heterocycles. The Balaban J connectivity index is 2.45. The molecule has 1 fully saturated rings. The number of rotatable bonds is 2. The largest absolute Gasteiger partial charge is 0.499 e. The van der Waals surface area contributed by atoms with Gasteiger partial charge in [0, 0.05) is 10.5 Å². The van der Waals surface area contributed by atoms with Gasteiger partial charge >= 0.3 is 7.12 Å². The Morgan fingerprint density at radius 1 is 1.16 bits per heavy atom. The predicted octanol–water partition coefficient (Wildman–Crippen LogP) is 2.79. The summed E-state index contributed by atoms with van der Waals surface area (Å²) in [6.45, 7) is 7.61. The normalized spacial score (nSPS) is 20.7. The van der Waals surface area contributed by atoms with Crippen molar-refractivity contribution in [2.45, 2.75) is 38.9 Å². The first-order chi connectivity index (χ1) is 8.69. The smallest absolute Gasteiger partial charge is 0.494 e. The SMILES string of the molecule is COc1ccc(Cl)c(B2OC(C)(C)C(C)(C)O2)c1F. The lowest BCUT2D eigenvalue weighted by molar-refractivity contribution is 0.00578. The highest BCUT2D eigenvalue weighted by Gasteiger charge is 2.53. The lowest BCUT2D eigenvalue weighted by atomic mass is 9.78. The third kappa shape index (κ3) is 2.35. The Labute approximate surface area is 118 Å². The number of hydrogen-bond donors (Lipinski definition) is 0. The number of ether oxygens (including phenoxy) is 1. The maximum Gasteiger partial charge on any atom is 0.499 e. The fraction of sp³-hybridized carbons (Fsp3) is 0.538. The van der Waals surface area contributed by atoms with Gasteiger partial charge in [0.2, 0.25) is 0 Å². The molecule has 6 heteroatoms. The fourth-order valence-corrected chi connectivity index (χ4v) is 2.12. The van der Waals surface area contributed by atoms with Crippen LogP contribution in [0.5, 0.6) is 5.75 Å². The van der Waals surface area contributed by atoms with Gasteiger partial charge in [-0.2, -0.15) is 0 Å². The van der Waals surface area contributed by atoms with E-state index in [0.717, 1.165) is 0 Å². The van der Waals surface area contributed by atoms with Gasteiger partial charge in [0.05, 0.1) is 18.3 Å². The van der Waals surface area contributed by atoms with E-state index in [-0.39, 0.29) is 16.2 Å². The standard InChI is InChI=1S/C13H17BClFO3/c1-12(2)13(3,4)19-14(18-12)10-8(15)6-7-9(17-5)11(10)16/h6-7H,1-5H3. The molecule has 0 bridgehead atoms. The van der Waals surface area contributed by atoms with Crippen LogP contribution in [0.3, 0.4) is 0 Å². The van der Waals surface area contributed by atoms with E-state index < -0.39 is 24.1 Å². The van der Waals surface area contributed by atoms with Gasteiger partial charge in [0.1, 0.15) is 0 Å².